The Morgan fingerprint density at radius 1 is 1.69 bits per heavy atom. The van der Waals surface area contributed by atoms with Crippen LogP contribution in [-0.2, 0) is 11.2 Å². The van der Waals surface area contributed by atoms with Crippen molar-refractivity contribution < 1.29 is 9.21 Å². The zero-order valence-electron chi connectivity index (χ0n) is 9.06. The van der Waals surface area contributed by atoms with Crippen LogP contribution >= 0.6 is 0 Å². The van der Waals surface area contributed by atoms with Gasteiger partial charge < -0.3 is 9.32 Å². The van der Waals surface area contributed by atoms with Crippen molar-refractivity contribution in [2.75, 3.05) is 6.54 Å². The highest BCUT2D eigenvalue weighted by molar-refractivity contribution is 5.77. The second kappa shape index (κ2) is 4.84. The summed E-state index contributed by atoms with van der Waals surface area (Å²) in [4.78, 5) is 13.5. The molecule has 1 unspecified atom stereocenters. The highest BCUT2D eigenvalue weighted by atomic mass is 16.3. The fourth-order valence-corrected chi connectivity index (χ4v) is 2.03. The summed E-state index contributed by atoms with van der Waals surface area (Å²) in [7, 11) is 0. The maximum atomic E-state index is 11.8. The summed E-state index contributed by atoms with van der Waals surface area (Å²) in [5.74, 6) is 0.876. The third-order valence-electron chi connectivity index (χ3n) is 2.89. The fraction of sp³-hybridized carbons (Fsp3) is 0.500. The maximum Gasteiger partial charge on any atom is 0.224 e. The number of carbonyl (C=O) groups is 1. The van der Waals surface area contributed by atoms with Crippen LogP contribution in [0.1, 0.15) is 25.0 Å². The normalized spacial score (nSPS) is 19.7. The lowest BCUT2D eigenvalue weighted by atomic mass is 10.2. The molecule has 2 rings (SSSR count). The minimum atomic E-state index is -0.218. The van der Waals surface area contributed by atoms with Crippen LogP contribution in [0, 0.1) is 11.3 Å². The number of hydrogen-bond donors (Lipinski definition) is 0. The number of nitrogens with zero attached hydrogens (tertiary/aromatic N) is 2. The van der Waals surface area contributed by atoms with Gasteiger partial charge in [-0.25, -0.2) is 0 Å². The molecule has 0 saturated carbocycles. The number of amides is 1. The molecule has 0 bridgehead atoms. The average Bonchev–Trinajstić information content (AvgIpc) is 2.96. The van der Waals surface area contributed by atoms with Crippen LogP contribution in [0.15, 0.2) is 22.8 Å². The predicted molar refractivity (Wildman–Crippen MR) is 57.4 cm³/mol. The fourth-order valence-electron chi connectivity index (χ4n) is 2.03. The van der Waals surface area contributed by atoms with Gasteiger partial charge in [-0.3, -0.25) is 4.79 Å². The second-order valence-electron chi connectivity index (χ2n) is 3.95. The summed E-state index contributed by atoms with van der Waals surface area (Å²) in [6.07, 6.45) is 4.38. The topological polar surface area (TPSA) is 57.2 Å². The van der Waals surface area contributed by atoms with E-state index in [0.29, 0.717) is 12.8 Å². The number of nitriles is 1. The summed E-state index contributed by atoms with van der Waals surface area (Å²) in [6.45, 7) is 0.717. The second-order valence-corrected chi connectivity index (χ2v) is 3.95. The van der Waals surface area contributed by atoms with E-state index < -0.39 is 0 Å². The van der Waals surface area contributed by atoms with Crippen molar-refractivity contribution in [3.63, 3.8) is 0 Å². The lowest BCUT2D eigenvalue weighted by Gasteiger charge is -2.18. The van der Waals surface area contributed by atoms with Gasteiger partial charge in [0.25, 0.3) is 0 Å². The molecule has 1 aliphatic rings. The smallest absolute Gasteiger partial charge is 0.224 e. The molecule has 4 heteroatoms. The van der Waals surface area contributed by atoms with Crippen molar-refractivity contribution in [1.29, 1.82) is 5.26 Å². The van der Waals surface area contributed by atoms with Crippen molar-refractivity contribution in [2.45, 2.75) is 31.7 Å². The molecule has 84 valence electrons. The number of carbonyl (C=O) groups excluding carboxylic acids is 1. The Kier molecular flexibility index (Phi) is 3.25. The largest absolute Gasteiger partial charge is 0.469 e. The van der Waals surface area contributed by atoms with E-state index in [1.54, 1.807) is 11.2 Å². The Bertz CT molecular complexity index is 392. The first-order valence-corrected chi connectivity index (χ1v) is 5.52. The van der Waals surface area contributed by atoms with Crippen LogP contribution in [0.25, 0.3) is 0 Å². The van der Waals surface area contributed by atoms with Gasteiger partial charge >= 0.3 is 0 Å². The van der Waals surface area contributed by atoms with Gasteiger partial charge in [0.05, 0.1) is 12.3 Å². The lowest BCUT2D eigenvalue weighted by Crippen LogP contribution is -2.34. The van der Waals surface area contributed by atoms with Crippen molar-refractivity contribution in [1.82, 2.24) is 4.90 Å². The van der Waals surface area contributed by atoms with Crippen LogP contribution < -0.4 is 0 Å². The summed E-state index contributed by atoms with van der Waals surface area (Å²) >= 11 is 0. The number of rotatable bonds is 3. The Morgan fingerprint density at radius 2 is 2.56 bits per heavy atom. The Balaban J connectivity index is 1.86. The van der Waals surface area contributed by atoms with Gasteiger partial charge in [-0.05, 0) is 25.0 Å². The monoisotopic (exact) mass is 218 g/mol. The molecule has 1 aliphatic heterocycles. The van der Waals surface area contributed by atoms with Gasteiger partial charge in [-0.1, -0.05) is 0 Å². The SMILES string of the molecule is N#CC1CCCN1C(=O)CCc1ccco1. The molecule has 0 aromatic carbocycles. The van der Waals surface area contributed by atoms with E-state index in [4.69, 9.17) is 9.68 Å². The quantitative estimate of drug-likeness (QED) is 0.776. The highest BCUT2D eigenvalue weighted by Crippen LogP contribution is 2.18. The first-order valence-electron chi connectivity index (χ1n) is 5.52. The zero-order valence-corrected chi connectivity index (χ0v) is 9.06. The summed E-state index contributed by atoms with van der Waals surface area (Å²) in [5.41, 5.74) is 0. The van der Waals surface area contributed by atoms with Crippen molar-refractivity contribution in [3.05, 3.63) is 24.2 Å². The third-order valence-corrected chi connectivity index (χ3v) is 2.89. The van der Waals surface area contributed by atoms with Gasteiger partial charge in [-0.2, -0.15) is 5.26 Å². The van der Waals surface area contributed by atoms with Crippen LogP contribution in [0.5, 0.6) is 0 Å². The molecular formula is C12H14N2O2. The first kappa shape index (κ1) is 10.7. The van der Waals surface area contributed by atoms with Gasteiger partial charge in [0.1, 0.15) is 11.8 Å². The van der Waals surface area contributed by atoms with E-state index in [0.717, 1.165) is 25.1 Å². The van der Waals surface area contributed by atoms with E-state index in [1.165, 1.54) is 0 Å². The molecule has 0 N–H and O–H groups in total. The molecule has 2 heterocycles. The highest BCUT2D eigenvalue weighted by Gasteiger charge is 2.27. The van der Waals surface area contributed by atoms with Gasteiger partial charge in [-0.15, -0.1) is 0 Å². The van der Waals surface area contributed by atoms with Crippen LogP contribution in [0.2, 0.25) is 0 Å². The summed E-state index contributed by atoms with van der Waals surface area (Å²) in [6, 6.07) is 5.62. The summed E-state index contributed by atoms with van der Waals surface area (Å²) < 4.78 is 5.16. The average molecular weight is 218 g/mol. The minimum absolute atomic E-state index is 0.0560. The maximum absolute atomic E-state index is 11.8. The number of likely N-dealkylation sites (tertiary alicyclic amines) is 1. The standard InChI is InChI=1S/C12H14N2O2/c13-9-10-3-1-7-14(10)12(15)6-5-11-4-2-8-16-11/h2,4,8,10H,1,3,5-7H2. The molecule has 1 amide bonds. The zero-order chi connectivity index (χ0) is 11.4. The Morgan fingerprint density at radius 3 is 3.25 bits per heavy atom. The summed E-state index contributed by atoms with van der Waals surface area (Å²) in [5, 5.41) is 8.88. The molecule has 4 nitrogen and oxygen atoms in total. The molecule has 1 saturated heterocycles. The van der Waals surface area contributed by atoms with Gasteiger partial charge in [0.15, 0.2) is 0 Å². The molecule has 16 heavy (non-hydrogen) atoms. The van der Waals surface area contributed by atoms with E-state index >= 15 is 0 Å². The molecule has 0 radical (unpaired) electrons. The third kappa shape index (κ3) is 2.25. The lowest BCUT2D eigenvalue weighted by molar-refractivity contribution is -0.131. The van der Waals surface area contributed by atoms with Crippen LogP contribution in [0.3, 0.4) is 0 Å². The van der Waals surface area contributed by atoms with E-state index in [9.17, 15) is 4.79 Å². The van der Waals surface area contributed by atoms with Crippen molar-refractivity contribution >= 4 is 5.91 Å². The number of aryl methyl sites for hydroxylation is 1. The van der Waals surface area contributed by atoms with Gasteiger partial charge in [0.2, 0.25) is 5.91 Å². The number of furan rings is 1. The Hall–Kier alpha value is -1.76. The van der Waals surface area contributed by atoms with Crippen molar-refractivity contribution in [2.24, 2.45) is 0 Å². The van der Waals surface area contributed by atoms with Crippen molar-refractivity contribution in [3.8, 4) is 6.07 Å². The molecule has 1 aromatic heterocycles. The molecule has 1 atom stereocenters. The molecule has 1 aromatic rings. The van der Waals surface area contributed by atoms with E-state index in [-0.39, 0.29) is 11.9 Å². The molecule has 1 fully saturated rings. The van der Waals surface area contributed by atoms with E-state index in [1.807, 2.05) is 12.1 Å². The van der Waals surface area contributed by atoms with Crippen LogP contribution in [0.4, 0.5) is 0 Å². The van der Waals surface area contributed by atoms with E-state index in [2.05, 4.69) is 6.07 Å². The Labute approximate surface area is 94.5 Å². The molecule has 0 spiro atoms. The predicted octanol–water partition coefficient (Wildman–Crippen LogP) is 1.73. The minimum Gasteiger partial charge on any atom is -0.469 e. The van der Waals surface area contributed by atoms with Gasteiger partial charge in [0, 0.05) is 19.4 Å². The molecular weight excluding hydrogens is 204 g/mol. The first-order chi connectivity index (χ1) is 7.81. The van der Waals surface area contributed by atoms with Crippen LogP contribution in [-0.4, -0.2) is 23.4 Å². The molecule has 0 aliphatic carbocycles. The number of hydrogen-bond acceptors (Lipinski definition) is 3.